The minimum atomic E-state index is 0.335. The lowest BCUT2D eigenvalue weighted by Gasteiger charge is -2.10. The minimum Gasteiger partial charge on any atom is -0.506 e. The summed E-state index contributed by atoms with van der Waals surface area (Å²) in [5, 5.41) is 19.1. The lowest BCUT2D eigenvalue weighted by Crippen LogP contribution is -1.97. The topological polar surface area (TPSA) is 53.5 Å². The first-order valence-electron chi connectivity index (χ1n) is 6.68. The summed E-state index contributed by atoms with van der Waals surface area (Å²) in [6.07, 6.45) is 0. The number of benzene rings is 2. The SMILES string of the molecule is COc1ccc2c(c1)NCc1c(sc3c(O)cccc13)N2. The van der Waals surface area contributed by atoms with Crippen molar-refractivity contribution in [3.05, 3.63) is 42.0 Å². The third-order valence-electron chi connectivity index (χ3n) is 3.73. The van der Waals surface area contributed by atoms with Gasteiger partial charge in [0.05, 0.1) is 28.2 Å². The Morgan fingerprint density at radius 1 is 1.19 bits per heavy atom. The van der Waals surface area contributed by atoms with Gasteiger partial charge < -0.3 is 20.5 Å². The molecular weight excluding hydrogens is 284 g/mol. The number of thiophene rings is 1. The molecule has 106 valence electrons. The second-order valence-corrected chi connectivity index (χ2v) is 5.97. The average Bonchev–Trinajstić information content (AvgIpc) is 2.75. The molecule has 3 aromatic rings. The van der Waals surface area contributed by atoms with Crippen molar-refractivity contribution < 1.29 is 9.84 Å². The molecule has 0 atom stereocenters. The van der Waals surface area contributed by atoms with Crippen molar-refractivity contribution in [3.8, 4) is 11.5 Å². The van der Waals surface area contributed by atoms with Crippen LogP contribution in [-0.2, 0) is 6.54 Å². The lowest BCUT2D eigenvalue weighted by molar-refractivity contribution is 0.415. The van der Waals surface area contributed by atoms with Gasteiger partial charge in [0.25, 0.3) is 0 Å². The van der Waals surface area contributed by atoms with Crippen molar-refractivity contribution in [2.75, 3.05) is 17.7 Å². The van der Waals surface area contributed by atoms with Crippen LogP contribution in [0.5, 0.6) is 11.5 Å². The van der Waals surface area contributed by atoms with Crippen LogP contribution < -0.4 is 15.4 Å². The molecule has 0 saturated carbocycles. The molecule has 0 saturated heterocycles. The number of fused-ring (bicyclic) bond motifs is 4. The van der Waals surface area contributed by atoms with Gasteiger partial charge in [0.1, 0.15) is 11.5 Å². The molecule has 2 heterocycles. The summed E-state index contributed by atoms with van der Waals surface area (Å²) in [5.41, 5.74) is 3.22. The van der Waals surface area contributed by atoms with E-state index in [-0.39, 0.29) is 0 Å². The number of nitrogens with one attached hydrogen (secondary N) is 2. The molecule has 1 aliphatic heterocycles. The van der Waals surface area contributed by atoms with Crippen LogP contribution in [0.15, 0.2) is 36.4 Å². The van der Waals surface area contributed by atoms with E-state index in [1.807, 2.05) is 30.3 Å². The number of hydrogen-bond donors (Lipinski definition) is 3. The molecule has 0 fully saturated rings. The van der Waals surface area contributed by atoms with E-state index in [4.69, 9.17) is 4.74 Å². The van der Waals surface area contributed by atoms with Crippen LogP contribution in [0.2, 0.25) is 0 Å². The van der Waals surface area contributed by atoms with Crippen LogP contribution in [0, 0.1) is 0 Å². The fourth-order valence-electron chi connectivity index (χ4n) is 2.64. The Morgan fingerprint density at radius 3 is 2.95 bits per heavy atom. The van der Waals surface area contributed by atoms with Crippen molar-refractivity contribution in [3.63, 3.8) is 0 Å². The van der Waals surface area contributed by atoms with E-state index in [1.165, 1.54) is 5.56 Å². The molecule has 4 nitrogen and oxygen atoms in total. The van der Waals surface area contributed by atoms with E-state index in [0.717, 1.165) is 32.2 Å². The standard InChI is InChI=1S/C16H14N2O2S/c1-20-9-5-6-12-13(7-9)17-8-11-10-3-2-4-14(19)15(10)21-16(11)18-12/h2-7,17-19H,8H2,1H3. The number of anilines is 3. The number of ether oxygens (including phenoxy) is 1. The van der Waals surface area contributed by atoms with Gasteiger partial charge in [0.15, 0.2) is 0 Å². The quantitative estimate of drug-likeness (QED) is 0.627. The summed E-state index contributed by atoms with van der Waals surface area (Å²) in [7, 11) is 1.67. The van der Waals surface area contributed by atoms with Crippen molar-refractivity contribution in [2.24, 2.45) is 0 Å². The van der Waals surface area contributed by atoms with Gasteiger partial charge in [-0.1, -0.05) is 12.1 Å². The van der Waals surface area contributed by atoms with Gasteiger partial charge in [-0.3, -0.25) is 0 Å². The largest absolute Gasteiger partial charge is 0.506 e. The van der Waals surface area contributed by atoms with Crippen LogP contribution in [0.4, 0.5) is 16.4 Å². The fourth-order valence-corrected chi connectivity index (χ4v) is 3.79. The smallest absolute Gasteiger partial charge is 0.133 e. The summed E-state index contributed by atoms with van der Waals surface area (Å²) < 4.78 is 6.19. The fraction of sp³-hybridized carbons (Fsp3) is 0.125. The highest BCUT2D eigenvalue weighted by molar-refractivity contribution is 7.23. The highest BCUT2D eigenvalue weighted by atomic mass is 32.1. The zero-order chi connectivity index (χ0) is 14.4. The molecule has 4 rings (SSSR count). The van der Waals surface area contributed by atoms with Gasteiger partial charge in [0, 0.05) is 23.6 Å². The van der Waals surface area contributed by atoms with E-state index in [1.54, 1.807) is 24.5 Å². The van der Waals surface area contributed by atoms with Crippen LogP contribution in [-0.4, -0.2) is 12.2 Å². The summed E-state index contributed by atoms with van der Waals surface area (Å²) in [5.74, 6) is 1.16. The highest BCUT2D eigenvalue weighted by Gasteiger charge is 2.19. The number of hydrogen-bond acceptors (Lipinski definition) is 5. The molecule has 1 aromatic heterocycles. The molecule has 0 amide bonds. The molecule has 0 aliphatic carbocycles. The van der Waals surface area contributed by atoms with Crippen molar-refractivity contribution in [1.82, 2.24) is 0 Å². The van der Waals surface area contributed by atoms with Crippen LogP contribution in [0.25, 0.3) is 10.1 Å². The second-order valence-electron chi connectivity index (χ2n) is 4.95. The van der Waals surface area contributed by atoms with Gasteiger partial charge >= 0.3 is 0 Å². The monoisotopic (exact) mass is 298 g/mol. The molecule has 0 spiro atoms. The normalized spacial score (nSPS) is 12.8. The van der Waals surface area contributed by atoms with Crippen LogP contribution in [0.3, 0.4) is 0 Å². The molecule has 5 heteroatoms. The predicted molar refractivity (Wildman–Crippen MR) is 87.1 cm³/mol. The molecular formula is C16H14N2O2S. The van der Waals surface area contributed by atoms with Gasteiger partial charge in [-0.05, 0) is 18.2 Å². The van der Waals surface area contributed by atoms with Crippen molar-refractivity contribution >= 4 is 37.8 Å². The van der Waals surface area contributed by atoms with Gasteiger partial charge in [-0.15, -0.1) is 11.3 Å². The number of aromatic hydroxyl groups is 1. The Morgan fingerprint density at radius 2 is 2.10 bits per heavy atom. The predicted octanol–water partition coefficient (Wildman–Crippen LogP) is 4.28. The molecule has 21 heavy (non-hydrogen) atoms. The number of rotatable bonds is 1. The Hall–Kier alpha value is -2.40. The van der Waals surface area contributed by atoms with Gasteiger partial charge in [-0.25, -0.2) is 0 Å². The minimum absolute atomic E-state index is 0.335. The maximum Gasteiger partial charge on any atom is 0.133 e. The zero-order valence-corrected chi connectivity index (χ0v) is 12.3. The molecule has 1 aliphatic rings. The van der Waals surface area contributed by atoms with E-state index in [9.17, 15) is 5.11 Å². The van der Waals surface area contributed by atoms with Crippen molar-refractivity contribution in [2.45, 2.75) is 6.54 Å². The molecule has 2 aromatic carbocycles. The highest BCUT2D eigenvalue weighted by Crippen LogP contribution is 2.44. The summed E-state index contributed by atoms with van der Waals surface area (Å²) in [6.45, 7) is 0.714. The third kappa shape index (κ3) is 1.89. The maximum absolute atomic E-state index is 10.0. The van der Waals surface area contributed by atoms with E-state index < -0.39 is 0 Å². The Kier molecular flexibility index (Phi) is 2.68. The Labute approximate surface area is 126 Å². The first-order valence-corrected chi connectivity index (χ1v) is 7.50. The van der Waals surface area contributed by atoms with Crippen molar-refractivity contribution in [1.29, 1.82) is 0 Å². The third-order valence-corrected chi connectivity index (χ3v) is 4.91. The van der Waals surface area contributed by atoms with E-state index >= 15 is 0 Å². The number of phenolic OH excluding ortho intramolecular Hbond substituents is 1. The van der Waals surface area contributed by atoms with Gasteiger partial charge in [0.2, 0.25) is 0 Å². The summed E-state index contributed by atoms with van der Waals surface area (Å²) >= 11 is 1.58. The molecule has 0 unspecified atom stereocenters. The summed E-state index contributed by atoms with van der Waals surface area (Å²) in [4.78, 5) is 0. The number of phenols is 1. The zero-order valence-electron chi connectivity index (χ0n) is 11.4. The van der Waals surface area contributed by atoms with E-state index in [0.29, 0.717) is 12.3 Å². The van der Waals surface area contributed by atoms with Gasteiger partial charge in [-0.2, -0.15) is 0 Å². The lowest BCUT2D eigenvalue weighted by atomic mass is 10.1. The summed E-state index contributed by atoms with van der Waals surface area (Å²) in [6, 6.07) is 11.6. The first-order chi connectivity index (χ1) is 10.3. The van der Waals surface area contributed by atoms with Crippen LogP contribution >= 0.6 is 11.3 Å². The molecule has 0 bridgehead atoms. The Bertz CT molecular complexity index is 842. The average molecular weight is 298 g/mol. The molecule has 0 radical (unpaired) electrons. The van der Waals surface area contributed by atoms with E-state index in [2.05, 4.69) is 10.6 Å². The first kappa shape index (κ1) is 12.3. The Balaban J connectivity index is 1.86. The maximum atomic E-state index is 10.0. The second kappa shape index (κ2) is 4.56. The molecule has 3 N–H and O–H groups in total. The number of methoxy groups -OCH3 is 1. The van der Waals surface area contributed by atoms with Crippen LogP contribution in [0.1, 0.15) is 5.56 Å².